The summed E-state index contributed by atoms with van der Waals surface area (Å²) in [6.07, 6.45) is 5.33. The SMILES string of the molecule is CC(F)(F)CNC(=O)N1C[C@@H](I)[C@@H](c2cnc3cnc4[nH]ccc4n23)C1. The van der Waals surface area contributed by atoms with Gasteiger partial charge in [0.1, 0.15) is 0 Å². The number of fused-ring (bicyclic) bond motifs is 3. The lowest BCUT2D eigenvalue weighted by molar-refractivity contribution is 0.0241. The van der Waals surface area contributed by atoms with Gasteiger partial charge in [0.05, 0.1) is 18.3 Å². The number of likely N-dealkylation sites (tertiary alicyclic amines) is 1. The average Bonchev–Trinajstić information content (AvgIpc) is 3.27. The fraction of sp³-hybridized carbons (Fsp3) is 0.438. The van der Waals surface area contributed by atoms with Crippen LogP contribution < -0.4 is 5.32 Å². The Morgan fingerprint density at radius 3 is 3.00 bits per heavy atom. The molecule has 2 amide bonds. The number of aromatic amines is 1. The maximum absolute atomic E-state index is 13.0. The lowest BCUT2D eigenvalue weighted by Crippen LogP contribution is -2.43. The number of nitrogens with zero attached hydrogens (tertiary/aromatic N) is 4. The molecule has 0 saturated carbocycles. The van der Waals surface area contributed by atoms with Gasteiger partial charge in [0, 0.05) is 47.9 Å². The summed E-state index contributed by atoms with van der Waals surface area (Å²) in [6, 6.07) is 1.48. The van der Waals surface area contributed by atoms with E-state index >= 15 is 0 Å². The van der Waals surface area contributed by atoms with E-state index in [0.29, 0.717) is 13.1 Å². The number of nitrogens with one attached hydrogen (secondary N) is 2. The third-order valence-electron chi connectivity index (χ3n) is 4.54. The number of urea groups is 1. The van der Waals surface area contributed by atoms with E-state index in [9.17, 15) is 13.6 Å². The topological polar surface area (TPSA) is 78.3 Å². The highest BCUT2D eigenvalue weighted by molar-refractivity contribution is 14.1. The Morgan fingerprint density at radius 1 is 1.42 bits per heavy atom. The van der Waals surface area contributed by atoms with Gasteiger partial charge in [-0.1, -0.05) is 22.6 Å². The number of imidazole rings is 1. The summed E-state index contributed by atoms with van der Waals surface area (Å²) in [4.78, 5) is 25.7. The van der Waals surface area contributed by atoms with Crippen molar-refractivity contribution in [3.63, 3.8) is 0 Å². The van der Waals surface area contributed by atoms with Crippen LogP contribution >= 0.6 is 22.6 Å². The predicted octanol–water partition coefficient (Wildman–Crippen LogP) is 2.78. The molecular weight excluding hydrogens is 457 g/mol. The quantitative estimate of drug-likeness (QED) is 0.453. The van der Waals surface area contributed by atoms with Crippen LogP contribution in [-0.2, 0) is 0 Å². The number of aromatic nitrogens is 4. The van der Waals surface area contributed by atoms with E-state index in [4.69, 9.17) is 0 Å². The van der Waals surface area contributed by atoms with Crippen LogP contribution in [0.3, 0.4) is 0 Å². The van der Waals surface area contributed by atoms with Crippen LogP contribution in [0.1, 0.15) is 18.5 Å². The zero-order chi connectivity index (χ0) is 18.5. The summed E-state index contributed by atoms with van der Waals surface area (Å²) >= 11 is 2.31. The van der Waals surface area contributed by atoms with E-state index < -0.39 is 18.5 Å². The smallest absolute Gasteiger partial charge is 0.317 e. The number of alkyl halides is 3. The molecule has 4 heterocycles. The molecule has 10 heteroatoms. The third-order valence-corrected chi connectivity index (χ3v) is 5.80. The molecule has 0 radical (unpaired) electrons. The molecule has 3 aromatic heterocycles. The highest BCUT2D eigenvalue weighted by Crippen LogP contribution is 2.34. The van der Waals surface area contributed by atoms with Crippen molar-refractivity contribution in [2.45, 2.75) is 22.7 Å². The van der Waals surface area contributed by atoms with E-state index in [0.717, 1.165) is 29.4 Å². The second-order valence-corrected chi connectivity index (χ2v) is 8.20. The minimum atomic E-state index is -2.92. The van der Waals surface area contributed by atoms with Crippen molar-refractivity contribution in [2.75, 3.05) is 19.6 Å². The maximum atomic E-state index is 13.0. The van der Waals surface area contributed by atoms with Gasteiger partial charge in [-0.25, -0.2) is 23.5 Å². The first-order valence-corrected chi connectivity index (χ1v) is 9.42. The number of carbonyl (C=O) groups is 1. The van der Waals surface area contributed by atoms with Gasteiger partial charge in [-0.2, -0.15) is 0 Å². The van der Waals surface area contributed by atoms with Crippen LogP contribution in [0.4, 0.5) is 13.6 Å². The summed E-state index contributed by atoms with van der Waals surface area (Å²) in [5, 5.41) is 2.31. The van der Waals surface area contributed by atoms with Gasteiger partial charge in [-0.3, -0.25) is 4.40 Å². The normalized spacial score (nSPS) is 21.0. The van der Waals surface area contributed by atoms with Crippen LogP contribution in [0.2, 0.25) is 0 Å². The van der Waals surface area contributed by atoms with Gasteiger partial charge < -0.3 is 15.2 Å². The van der Waals surface area contributed by atoms with E-state index in [1.807, 2.05) is 16.7 Å². The molecule has 0 unspecified atom stereocenters. The lowest BCUT2D eigenvalue weighted by atomic mass is 10.1. The molecule has 0 spiro atoms. The van der Waals surface area contributed by atoms with Crippen LogP contribution in [-0.4, -0.2) is 59.8 Å². The van der Waals surface area contributed by atoms with E-state index in [1.165, 1.54) is 0 Å². The standard InChI is InChI=1S/C16H17F2IN6O/c1-16(17,18)8-23-15(26)24-6-9(10(19)7-24)12-4-21-13-5-22-14-11(25(12)13)2-3-20-14/h2-5,9-10,20H,6-8H2,1H3,(H,23,26)/t9-,10+/m0/s1. The third kappa shape index (κ3) is 3.10. The molecule has 1 fully saturated rings. The number of hydrogen-bond acceptors (Lipinski definition) is 3. The molecule has 0 aliphatic carbocycles. The largest absolute Gasteiger partial charge is 0.345 e. The molecule has 1 aliphatic heterocycles. The van der Waals surface area contributed by atoms with Gasteiger partial charge >= 0.3 is 6.03 Å². The maximum Gasteiger partial charge on any atom is 0.317 e. The molecule has 3 aromatic rings. The van der Waals surface area contributed by atoms with Gasteiger partial charge in [0.2, 0.25) is 0 Å². The van der Waals surface area contributed by atoms with Crippen LogP contribution in [0.25, 0.3) is 16.8 Å². The Bertz CT molecular complexity index is 965. The highest BCUT2D eigenvalue weighted by atomic mass is 127. The fourth-order valence-corrected chi connectivity index (χ4v) is 4.38. The van der Waals surface area contributed by atoms with Crippen LogP contribution in [0, 0.1) is 0 Å². The minimum Gasteiger partial charge on any atom is -0.345 e. The zero-order valence-electron chi connectivity index (χ0n) is 13.9. The van der Waals surface area contributed by atoms with E-state index in [-0.39, 0.29) is 9.84 Å². The van der Waals surface area contributed by atoms with Crippen molar-refractivity contribution in [3.8, 4) is 0 Å². The van der Waals surface area contributed by atoms with Crippen molar-refractivity contribution >= 4 is 45.4 Å². The fourth-order valence-electron chi connectivity index (χ4n) is 3.31. The molecule has 2 atom stereocenters. The Hall–Kier alpha value is -1.98. The Kier molecular flexibility index (Phi) is 4.24. The number of rotatable bonds is 3. The number of halogens is 3. The summed E-state index contributed by atoms with van der Waals surface area (Å²) in [6.45, 7) is 1.08. The molecule has 2 N–H and O–H groups in total. The number of amides is 2. The van der Waals surface area contributed by atoms with E-state index in [2.05, 4.69) is 42.9 Å². The first kappa shape index (κ1) is 17.4. The van der Waals surface area contributed by atoms with Crippen molar-refractivity contribution in [3.05, 3.63) is 30.4 Å². The molecule has 7 nitrogen and oxygen atoms in total. The predicted molar refractivity (Wildman–Crippen MR) is 101 cm³/mol. The van der Waals surface area contributed by atoms with Crippen molar-refractivity contribution in [1.29, 1.82) is 0 Å². The molecule has 4 rings (SSSR count). The second kappa shape index (κ2) is 6.32. The molecule has 1 saturated heterocycles. The van der Waals surface area contributed by atoms with Crippen molar-refractivity contribution in [2.24, 2.45) is 0 Å². The molecule has 0 aromatic carbocycles. The minimum absolute atomic E-state index is 0.0546. The Labute approximate surface area is 161 Å². The highest BCUT2D eigenvalue weighted by Gasteiger charge is 2.37. The monoisotopic (exact) mass is 474 g/mol. The summed E-state index contributed by atoms with van der Waals surface area (Å²) < 4.78 is 28.2. The molecular formula is C16H17F2IN6O. The second-order valence-electron chi connectivity index (χ2n) is 6.60. The first-order valence-electron chi connectivity index (χ1n) is 8.17. The van der Waals surface area contributed by atoms with Gasteiger partial charge in [-0.05, 0) is 6.07 Å². The molecule has 0 bridgehead atoms. The van der Waals surface area contributed by atoms with Gasteiger partial charge in [0.15, 0.2) is 11.3 Å². The van der Waals surface area contributed by atoms with Gasteiger partial charge in [-0.15, -0.1) is 0 Å². The van der Waals surface area contributed by atoms with Crippen LogP contribution in [0.5, 0.6) is 0 Å². The van der Waals surface area contributed by atoms with Crippen molar-refractivity contribution < 1.29 is 13.6 Å². The van der Waals surface area contributed by atoms with Gasteiger partial charge in [0.25, 0.3) is 5.92 Å². The first-order chi connectivity index (χ1) is 12.3. The average molecular weight is 474 g/mol. The molecule has 26 heavy (non-hydrogen) atoms. The molecule has 138 valence electrons. The Balaban J connectivity index is 1.60. The summed E-state index contributed by atoms with van der Waals surface area (Å²) in [5.74, 6) is -2.87. The van der Waals surface area contributed by atoms with E-state index in [1.54, 1.807) is 17.3 Å². The molecule has 1 aliphatic rings. The summed E-state index contributed by atoms with van der Waals surface area (Å²) in [5.41, 5.74) is 3.42. The summed E-state index contributed by atoms with van der Waals surface area (Å²) in [7, 11) is 0. The van der Waals surface area contributed by atoms with Crippen LogP contribution in [0.15, 0.2) is 24.7 Å². The number of H-pyrrole nitrogens is 1. The number of hydrogen-bond donors (Lipinski definition) is 2. The van der Waals surface area contributed by atoms with Crippen molar-refractivity contribution in [1.82, 2.24) is 29.6 Å². The zero-order valence-corrected chi connectivity index (χ0v) is 16.1. The Morgan fingerprint density at radius 2 is 2.23 bits per heavy atom. The number of carbonyl (C=O) groups excluding carboxylic acids is 1. The lowest BCUT2D eigenvalue weighted by Gasteiger charge is -2.19.